The Morgan fingerprint density at radius 3 is 1.19 bits per heavy atom. The van der Waals surface area contributed by atoms with Crippen LogP contribution in [0, 0.1) is 0 Å². The molecule has 0 heterocycles. The molecule has 0 saturated heterocycles. The molecule has 0 spiro atoms. The Labute approximate surface area is 490 Å². The highest BCUT2D eigenvalue weighted by molar-refractivity contribution is 7.45. The van der Waals surface area contributed by atoms with Crippen LogP contribution in [-0.2, 0) is 27.9 Å². The number of hydrogen-bond donors (Lipinski definition) is 1. The topological polar surface area (TPSA) is 114 Å². The Morgan fingerprint density at radius 1 is 0.443 bits per heavy atom. The van der Waals surface area contributed by atoms with E-state index in [0.717, 1.165) is 83.5 Å². The molecule has 79 heavy (non-hydrogen) atoms. The minimum Gasteiger partial charge on any atom is -0.756 e. The molecule has 0 aliphatic heterocycles. The molecule has 0 bridgehead atoms. The molecule has 0 saturated carbocycles. The molecule has 0 aliphatic carbocycles. The predicted octanol–water partition coefficient (Wildman–Crippen LogP) is 20.4. The molecule has 0 fully saturated rings. The van der Waals surface area contributed by atoms with E-state index < -0.39 is 26.6 Å². The molecule has 0 aromatic carbocycles. The summed E-state index contributed by atoms with van der Waals surface area (Å²) in [6.07, 6.45) is 74.7. The molecule has 0 radical (unpaired) electrons. The summed E-state index contributed by atoms with van der Waals surface area (Å²) < 4.78 is 30.4. The Kier molecular flexibility index (Phi) is 57.2. The van der Waals surface area contributed by atoms with E-state index >= 15 is 0 Å². The molecule has 0 aliphatic rings. The summed E-state index contributed by atoms with van der Waals surface area (Å²) in [4.78, 5) is 40.1. The highest BCUT2D eigenvalue weighted by atomic mass is 31.2. The van der Waals surface area contributed by atoms with Gasteiger partial charge in [-0.05, 0) is 96.0 Å². The Balaban J connectivity index is 5.12. The highest BCUT2D eigenvalue weighted by Gasteiger charge is 2.27. The van der Waals surface area contributed by atoms with Crippen LogP contribution in [0.4, 0.5) is 0 Å². The van der Waals surface area contributed by atoms with Gasteiger partial charge in [-0.3, -0.25) is 14.2 Å². The van der Waals surface area contributed by atoms with Crippen LogP contribution in [0.1, 0.15) is 316 Å². The number of allylic oxidation sites excluding steroid dienone is 9. The van der Waals surface area contributed by atoms with Crippen LogP contribution < -0.4 is 10.2 Å². The molecule has 0 aromatic rings. The zero-order valence-corrected chi connectivity index (χ0v) is 53.7. The number of esters is 1. The lowest BCUT2D eigenvalue weighted by atomic mass is 10.0. The maximum absolute atomic E-state index is 13.6. The van der Waals surface area contributed by atoms with Crippen molar-refractivity contribution < 1.29 is 37.3 Å². The number of likely N-dealkylation sites (N-methyl/N-ethyl adjacent to an activating group) is 1. The smallest absolute Gasteiger partial charge is 0.306 e. The van der Waals surface area contributed by atoms with Crippen molar-refractivity contribution in [2.45, 2.75) is 328 Å². The summed E-state index contributed by atoms with van der Waals surface area (Å²) in [5, 5.41) is 3.03. The lowest BCUT2D eigenvalue weighted by Gasteiger charge is -2.30. The second kappa shape index (κ2) is 58.9. The van der Waals surface area contributed by atoms with Gasteiger partial charge in [-0.1, -0.05) is 268 Å². The summed E-state index contributed by atoms with van der Waals surface area (Å²) in [7, 11) is 1.18. The van der Waals surface area contributed by atoms with Crippen LogP contribution in [0.2, 0.25) is 0 Å². The van der Waals surface area contributed by atoms with Gasteiger partial charge in [-0.2, -0.15) is 0 Å². The van der Waals surface area contributed by atoms with Crippen LogP contribution in [-0.4, -0.2) is 69.4 Å². The number of nitrogens with zero attached hydrogens (tertiary/aromatic N) is 1. The van der Waals surface area contributed by atoms with Gasteiger partial charge in [0.15, 0.2) is 0 Å². The summed E-state index contributed by atoms with van der Waals surface area (Å²) in [6, 6.07) is -0.893. The fourth-order valence-electron chi connectivity index (χ4n) is 9.70. The van der Waals surface area contributed by atoms with Gasteiger partial charge in [0, 0.05) is 12.8 Å². The molecule has 10 heteroatoms. The third-order valence-electron chi connectivity index (χ3n) is 14.9. The molecule has 0 rings (SSSR count). The number of carbonyl (C=O) groups is 2. The van der Waals surface area contributed by atoms with Crippen molar-refractivity contribution in [2.75, 3.05) is 40.9 Å². The SMILES string of the molecule is CCCCC/C=C\C/C=C\C/C=C\CCCCCCCCCCC(=O)NC(COP(=O)([O-])OCC[N+](C)(C)C)C(/C=C/CCCCCCCCCCC)OC(=O)CCCCCCCCCCCCC/C=C/CCCCCCCC. The van der Waals surface area contributed by atoms with Gasteiger partial charge in [0.2, 0.25) is 5.91 Å². The normalized spacial score (nSPS) is 14.0. The summed E-state index contributed by atoms with van der Waals surface area (Å²) >= 11 is 0. The van der Waals surface area contributed by atoms with Crippen molar-refractivity contribution in [2.24, 2.45) is 0 Å². The van der Waals surface area contributed by atoms with Crippen molar-refractivity contribution in [1.82, 2.24) is 5.32 Å². The average molecular weight is 1130 g/mol. The number of phosphoric acid groups is 1. The molecule has 0 aromatic heterocycles. The average Bonchev–Trinajstić information content (AvgIpc) is 3.41. The molecular formula is C69H129N2O7P. The summed E-state index contributed by atoms with van der Waals surface area (Å²) in [5.74, 6) is -0.542. The van der Waals surface area contributed by atoms with E-state index in [1.54, 1.807) is 0 Å². The van der Waals surface area contributed by atoms with Gasteiger partial charge in [0.25, 0.3) is 7.82 Å². The predicted molar refractivity (Wildman–Crippen MR) is 339 cm³/mol. The van der Waals surface area contributed by atoms with Crippen molar-refractivity contribution in [3.63, 3.8) is 0 Å². The molecule has 9 nitrogen and oxygen atoms in total. The number of quaternary nitrogens is 1. The second-order valence-electron chi connectivity index (χ2n) is 24.0. The molecule has 1 amide bonds. The molecular weight excluding hydrogens is 1000 g/mol. The minimum atomic E-state index is -4.70. The van der Waals surface area contributed by atoms with Gasteiger partial charge in [0.1, 0.15) is 19.3 Å². The number of nitrogens with one attached hydrogen (secondary N) is 1. The Bertz CT molecular complexity index is 1540. The lowest BCUT2D eigenvalue weighted by Crippen LogP contribution is -2.47. The van der Waals surface area contributed by atoms with E-state index in [1.807, 2.05) is 33.3 Å². The first-order valence-electron chi connectivity index (χ1n) is 33.6. The van der Waals surface area contributed by atoms with Crippen LogP contribution in [0.5, 0.6) is 0 Å². The van der Waals surface area contributed by atoms with Crippen molar-refractivity contribution in [3.8, 4) is 0 Å². The Hall–Kier alpha value is -2.29. The van der Waals surface area contributed by atoms with Crippen molar-refractivity contribution >= 4 is 19.7 Å². The largest absolute Gasteiger partial charge is 0.756 e. The van der Waals surface area contributed by atoms with E-state index in [-0.39, 0.29) is 24.9 Å². The van der Waals surface area contributed by atoms with Crippen LogP contribution >= 0.6 is 7.82 Å². The zero-order chi connectivity index (χ0) is 57.9. The zero-order valence-electron chi connectivity index (χ0n) is 52.8. The van der Waals surface area contributed by atoms with Gasteiger partial charge in [0.05, 0.1) is 33.8 Å². The maximum atomic E-state index is 13.6. The Morgan fingerprint density at radius 2 is 0.772 bits per heavy atom. The molecule has 462 valence electrons. The number of phosphoric ester groups is 1. The second-order valence-corrected chi connectivity index (χ2v) is 25.4. The third kappa shape index (κ3) is 60.1. The van der Waals surface area contributed by atoms with Gasteiger partial charge in [-0.25, -0.2) is 0 Å². The molecule has 3 unspecified atom stereocenters. The number of ether oxygens (including phenoxy) is 1. The monoisotopic (exact) mass is 1130 g/mol. The number of amides is 1. The first kappa shape index (κ1) is 76.7. The van der Waals surface area contributed by atoms with E-state index in [4.69, 9.17) is 13.8 Å². The number of carbonyl (C=O) groups excluding carboxylic acids is 2. The minimum absolute atomic E-state index is 0.0245. The van der Waals surface area contributed by atoms with E-state index in [2.05, 4.69) is 74.7 Å². The standard InChI is InChI=1S/C69H129N2O7P/c1-7-10-13-16-19-22-25-27-29-31-33-35-37-39-41-43-46-49-52-55-58-61-68(72)70-66(65-77-79(74,75)76-64-63-71(4,5)6)67(60-57-54-51-48-45-24-21-18-15-12-9-3)78-69(73)62-59-56-53-50-47-44-42-40-38-36-34-32-30-28-26-23-20-17-14-11-8-2/h19,22,27-30,33,35,57,60,66-67H,7-18,20-21,23-26,31-32,34,36-56,58-59,61-65H2,1-6H3,(H-,70,72,74,75)/b22-19-,29-27-,30-28+,35-33-,60-57+. The van der Waals surface area contributed by atoms with Crippen LogP contribution in [0.15, 0.2) is 60.8 Å². The van der Waals surface area contributed by atoms with Crippen molar-refractivity contribution in [3.05, 3.63) is 60.8 Å². The van der Waals surface area contributed by atoms with E-state index in [0.29, 0.717) is 17.4 Å². The fourth-order valence-corrected chi connectivity index (χ4v) is 10.4. The fraction of sp³-hybridized carbons (Fsp3) is 0.826. The number of unbranched alkanes of at least 4 members (excludes halogenated alkanes) is 37. The summed E-state index contributed by atoms with van der Waals surface area (Å²) in [6.45, 7) is 6.83. The quantitative estimate of drug-likeness (QED) is 0.0212. The highest BCUT2D eigenvalue weighted by Crippen LogP contribution is 2.38. The van der Waals surface area contributed by atoms with E-state index in [1.165, 1.54) is 199 Å². The van der Waals surface area contributed by atoms with Crippen molar-refractivity contribution in [1.29, 1.82) is 0 Å². The van der Waals surface area contributed by atoms with Gasteiger partial charge in [-0.15, -0.1) is 0 Å². The first-order valence-corrected chi connectivity index (χ1v) is 35.1. The first-order chi connectivity index (χ1) is 38.4. The maximum Gasteiger partial charge on any atom is 0.306 e. The van der Waals surface area contributed by atoms with Crippen LogP contribution in [0.3, 0.4) is 0 Å². The lowest BCUT2D eigenvalue weighted by molar-refractivity contribution is -0.870. The van der Waals surface area contributed by atoms with Gasteiger partial charge >= 0.3 is 5.97 Å². The number of hydrogen-bond acceptors (Lipinski definition) is 7. The summed E-state index contributed by atoms with van der Waals surface area (Å²) in [5.41, 5.74) is 0. The van der Waals surface area contributed by atoms with Crippen LogP contribution in [0.25, 0.3) is 0 Å². The van der Waals surface area contributed by atoms with E-state index in [9.17, 15) is 19.0 Å². The third-order valence-corrected chi connectivity index (χ3v) is 15.9. The molecule has 1 N–H and O–H groups in total. The number of rotatable bonds is 61. The molecule has 3 atom stereocenters. The van der Waals surface area contributed by atoms with Gasteiger partial charge < -0.3 is 28.5 Å².